The fraction of sp³-hybridized carbons (Fsp3) is 0.440. The molecule has 3 amide bonds. The molecule has 0 aromatic heterocycles. The lowest BCUT2D eigenvalue weighted by Gasteiger charge is -2.34. The van der Waals surface area contributed by atoms with Crippen LogP contribution in [-0.2, 0) is 21.2 Å². The van der Waals surface area contributed by atoms with Gasteiger partial charge in [0, 0.05) is 36.4 Å². The van der Waals surface area contributed by atoms with Crippen molar-refractivity contribution < 1.29 is 32.2 Å². The monoisotopic (exact) mass is 536 g/mol. The van der Waals surface area contributed by atoms with Crippen LogP contribution in [0.3, 0.4) is 0 Å². The second kappa shape index (κ2) is 11.8. The highest BCUT2D eigenvalue weighted by molar-refractivity contribution is 7.92. The molecule has 1 aliphatic heterocycles. The molecule has 0 saturated heterocycles. The zero-order valence-corrected chi connectivity index (χ0v) is 22.1. The van der Waals surface area contributed by atoms with E-state index in [0.29, 0.717) is 22.7 Å². The van der Waals surface area contributed by atoms with E-state index >= 15 is 0 Å². The molecule has 202 valence electrons. The maximum absolute atomic E-state index is 13.2. The molecule has 0 fully saturated rings. The molecule has 1 heterocycles. The standard InChI is InChI=1S/C25H33FN4O6S/c1-16-13-30(17(2)15-31)24(32)12-18-11-21(28-37(4,34)35)9-10-22(18)36-23(16)14-29(3)25(33)27-20-7-5-19(26)6-8-20/h5-11,16-17,23,28,31H,12-15H2,1-4H3,(H,27,33)/t16-,17-,23-/m0/s1. The van der Waals surface area contributed by atoms with Crippen molar-refractivity contribution >= 4 is 33.3 Å². The number of carbonyl (C=O) groups excluding carboxylic acids is 2. The number of halogens is 1. The average molecular weight is 537 g/mol. The van der Waals surface area contributed by atoms with Crippen molar-refractivity contribution in [1.82, 2.24) is 9.80 Å². The summed E-state index contributed by atoms with van der Waals surface area (Å²) in [6, 6.07) is 9.22. The summed E-state index contributed by atoms with van der Waals surface area (Å²) in [6.07, 6.45) is 0.431. The smallest absolute Gasteiger partial charge is 0.321 e. The van der Waals surface area contributed by atoms with Gasteiger partial charge in [0.2, 0.25) is 15.9 Å². The molecule has 1 aliphatic rings. The van der Waals surface area contributed by atoms with Gasteiger partial charge in [0.25, 0.3) is 0 Å². The molecule has 2 aromatic carbocycles. The number of ether oxygens (including phenoxy) is 1. The van der Waals surface area contributed by atoms with Crippen molar-refractivity contribution in [2.45, 2.75) is 32.4 Å². The summed E-state index contributed by atoms with van der Waals surface area (Å²) in [5.41, 5.74) is 1.21. The predicted octanol–water partition coefficient (Wildman–Crippen LogP) is 2.51. The number of fused-ring (bicyclic) bond motifs is 1. The molecule has 12 heteroatoms. The molecule has 2 aromatic rings. The highest BCUT2D eigenvalue weighted by Gasteiger charge is 2.32. The number of amides is 3. The second-order valence-electron chi connectivity index (χ2n) is 9.40. The van der Waals surface area contributed by atoms with Crippen LogP contribution < -0.4 is 14.8 Å². The van der Waals surface area contributed by atoms with Crippen molar-refractivity contribution in [2.24, 2.45) is 5.92 Å². The predicted molar refractivity (Wildman–Crippen MR) is 139 cm³/mol. The Bertz CT molecular complexity index is 1220. The van der Waals surface area contributed by atoms with Crippen LogP contribution in [-0.4, -0.2) is 80.4 Å². The number of anilines is 2. The Morgan fingerprint density at radius 2 is 1.89 bits per heavy atom. The van der Waals surface area contributed by atoms with Crippen LogP contribution in [0.4, 0.5) is 20.6 Å². The van der Waals surface area contributed by atoms with E-state index in [1.54, 1.807) is 37.1 Å². The molecule has 37 heavy (non-hydrogen) atoms. The second-order valence-corrected chi connectivity index (χ2v) is 11.2. The third kappa shape index (κ3) is 7.80. The number of urea groups is 1. The van der Waals surface area contributed by atoms with Crippen LogP contribution >= 0.6 is 0 Å². The maximum atomic E-state index is 13.2. The number of hydrogen-bond acceptors (Lipinski definition) is 6. The molecule has 3 atom stereocenters. The number of hydrogen-bond donors (Lipinski definition) is 3. The first-order valence-electron chi connectivity index (χ1n) is 11.8. The molecule has 0 bridgehead atoms. The maximum Gasteiger partial charge on any atom is 0.321 e. The van der Waals surface area contributed by atoms with E-state index in [9.17, 15) is 27.5 Å². The first-order valence-corrected chi connectivity index (χ1v) is 13.7. The molecule has 0 saturated carbocycles. The van der Waals surface area contributed by atoms with Gasteiger partial charge >= 0.3 is 6.03 Å². The Labute approximate surface area is 216 Å². The summed E-state index contributed by atoms with van der Waals surface area (Å²) in [5.74, 6) is -0.490. The van der Waals surface area contributed by atoms with E-state index in [1.165, 1.54) is 29.2 Å². The van der Waals surface area contributed by atoms with Crippen molar-refractivity contribution in [1.29, 1.82) is 0 Å². The summed E-state index contributed by atoms with van der Waals surface area (Å²) in [7, 11) is -1.94. The van der Waals surface area contributed by atoms with Gasteiger partial charge in [-0.3, -0.25) is 9.52 Å². The lowest BCUT2D eigenvalue weighted by molar-refractivity contribution is -0.134. The van der Waals surface area contributed by atoms with Gasteiger partial charge in [-0.2, -0.15) is 0 Å². The molecule has 3 rings (SSSR count). The quantitative estimate of drug-likeness (QED) is 0.499. The Hall–Kier alpha value is -3.38. The Balaban J connectivity index is 1.89. The summed E-state index contributed by atoms with van der Waals surface area (Å²) >= 11 is 0. The van der Waals surface area contributed by atoms with Gasteiger partial charge in [-0.1, -0.05) is 6.92 Å². The average Bonchev–Trinajstić information content (AvgIpc) is 2.87. The lowest BCUT2D eigenvalue weighted by Crippen LogP contribution is -2.48. The normalized spacial score (nSPS) is 19.0. The van der Waals surface area contributed by atoms with Gasteiger partial charge in [-0.05, 0) is 49.4 Å². The molecular weight excluding hydrogens is 503 g/mol. The summed E-state index contributed by atoms with van der Waals surface area (Å²) in [4.78, 5) is 29.0. The SMILES string of the molecule is C[C@H]1CN([C@@H](C)CO)C(=O)Cc2cc(NS(C)(=O)=O)ccc2O[C@H]1CN(C)C(=O)Nc1ccc(F)cc1. The minimum absolute atomic E-state index is 0.0563. The molecule has 3 N–H and O–H groups in total. The van der Waals surface area contributed by atoms with Crippen molar-refractivity contribution in [3.63, 3.8) is 0 Å². The number of nitrogens with one attached hydrogen (secondary N) is 2. The van der Waals surface area contributed by atoms with Crippen LogP contribution in [0.2, 0.25) is 0 Å². The van der Waals surface area contributed by atoms with E-state index in [0.717, 1.165) is 6.26 Å². The molecular formula is C25H33FN4O6S. The number of likely N-dealkylation sites (N-methyl/N-ethyl adjacent to an activating group) is 1. The van der Waals surface area contributed by atoms with Crippen molar-refractivity contribution in [3.8, 4) is 5.75 Å². The molecule has 0 radical (unpaired) electrons. The van der Waals surface area contributed by atoms with Gasteiger partial charge in [-0.25, -0.2) is 17.6 Å². The summed E-state index contributed by atoms with van der Waals surface area (Å²) < 4.78 is 45.3. The molecule has 10 nitrogen and oxygen atoms in total. The lowest BCUT2D eigenvalue weighted by atomic mass is 10.0. The Morgan fingerprint density at radius 1 is 1.24 bits per heavy atom. The van der Waals surface area contributed by atoms with Crippen molar-refractivity contribution in [2.75, 3.05) is 43.0 Å². The number of rotatable bonds is 7. The largest absolute Gasteiger partial charge is 0.488 e. The fourth-order valence-corrected chi connectivity index (χ4v) is 4.59. The van der Waals surface area contributed by atoms with Crippen LogP contribution in [0.15, 0.2) is 42.5 Å². The number of aliphatic hydroxyl groups excluding tert-OH is 1. The van der Waals surface area contributed by atoms with Gasteiger partial charge < -0.3 is 25.0 Å². The van der Waals surface area contributed by atoms with Crippen LogP contribution in [0.25, 0.3) is 0 Å². The minimum atomic E-state index is -3.53. The number of sulfonamides is 1. The van der Waals surface area contributed by atoms with Gasteiger partial charge in [0.05, 0.1) is 31.9 Å². The highest BCUT2D eigenvalue weighted by atomic mass is 32.2. The van der Waals surface area contributed by atoms with Gasteiger partial charge in [0.1, 0.15) is 17.7 Å². The number of benzene rings is 2. The Morgan fingerprint density at radius 3 is 2.51 bits per heavy atom. The zero-order valence-electron chi connectivity index (χ0n) is 21.3. The van der Waals surface area contributed by atoms with Gasteiger partial charge in [0.15, 0.2) is 0 Å². The fourth-order valence-electron chi connectivity index (χ4n) is 4.03. The van der Waals surface area contributed by atoms with Gasteiger partial charge in [-0.15, -0.1) is 0 Å². The van der Waals surface area contributed by atoms with E-state index in [-0.39, 0.29) is 37.9 Å². The third-order valence-electron chi connectivity index (χ3n) is 6.12. The Kier molecular flexibility index (Phi) is 8.98. The topological polar surface area (TPSA) is 128 Å². The first-order chi connectivity index (χ1) is 17.4. The molecule has 0 aliphatic carbocycles. The van der Waals surface area contributed by atoms with Crippen LogP contribution in [0, 0.1) is 11.7 Å². The number of aliphatic hydroxyl groups is 1. The summed E-state index contributed by atoms with van der Waals surface area (Å²) in [6.45, 7) is 3.84. The van der Waals surface area contributed by atoms with E-state index in [1.807, 2.05) is 6.92 Å². The number of nitrogens with zero attached hydrogens (tertiary/aromatic N) is 2. The van der Waals surface area contributed by atoms with E-state index in [2.05, 4.69) is 10.0 Å². The van der Waals surface area contributed by atoms with E-state index in [4.69, 9.17) is 4.74 Å². The highest BCUT2D eigenvalue weighted by Crippen LogP contribution is 2.29. The van der Waals surface area contributed by atoms with Crippen LogP contribution in [0.5, 0.6) is 5.75 Å². The first kappa shape index (κ1) is 28.2. The zero-order chi connectivity index (χ0) is 27.3. The minimum Gasteiger partial charge on any atom is -0.488 e. The molecule has 0 unspecified atom stereocenters. The van der Waals surface area contributed by atoms with Crippen molar-refractivity contribution in [3.05, 3.63) is 53.8 Å². The summed E-state index contributed by atoms with van der Waals surface area (Å²) in [5, 5.41) is 12.5. The third-order valence-corrected chi connectivity index (χ3v) is 6.72. The number of carbonyl (C=O) groups is 2. The molecule has 0 spiro atoms. The van der Waals surface area contributed by atoms with E-state index < -0.39 is 34.0 Å². The van der Waals surface area contributed by atoms with Crippen LogP contribution in [0.1, 0.15) is 19.4 Å².